The van der Waals surface area contributed by atoms with Crippen molar-refractivity contribution >= 4 is 29.2 Å². The van der Waals surface area contributed by atoms with E-state index in [4.69, 9.17) is 0 Å². The number of aromatic nitrogens is 3. The highest BCUT2D eigenvalue weighted by Crippen LogP contribution is 2.37. The van der Waals surface area contributed by atoms with E-state index in [2.05, 4.69) is 43.6 Å². The first-order valence-corrected chi connectivity index (χ1v) is 12.3. The first-order valence-electron chi connectivity index (χ1n) is 12.3. The van der Waals surface area contributed by atoms with E-state index < -0.39 is 0 Å². The lowest BCUT2D eigenvalue weighted by Gasteiger charge is -2.11. The van der Waals surface area contributed by atoms with E-state index in [1.807, 2.05) is 55.5 Å². The molecule has 1 saturated carbocycles. The zero-order valence-electron chi connectivity index (χ0n) is 20.2. The van der Waals surface area contributed by atoms with Gasteiger partial charge in [-0.15, -0.1) is 0 Å². The van der Waals surface area contributed by atoms with Crippen LogP contribution in [0.5, 0.6) is 0 Å². The van der Waals surface area contributed by atoms with Crippen LogP contribution in [0, 0.1) is 12.8 Å². The molecule has 1 aliphatic carbocycles. The van der Waals surface area contributed by atoms with E-state index in [1.54, 1.807) is 0 Å². The minimum atomic E-state index is 0.262. The SMILES string of the molecule is CCCC(=O)Cc1ccc(Nc2nc(NC3=NCC(C4CC4)=C3)nc(-c3ccc(C)cc3)n2)cc1. The second-order valence-electron chi connectivity index (χ2n) is 9.28. The van der Waals surface area contributed by atoms with Crippen LogP contribution in [0.3, 0.4) is 0 Å². The number of hydrogen-bond acceptors (Lipinski definition) is 7. The Morgan fingerprint density at radius 3 is 2.34 bits per heavy atom. The first-order chi connectivity index (χ1) is 17.1. The molecule has 7 heteroatoms. The smallest absolute Gasteiger partial charge is 0.233 e. The molecular formula is C28H30N6O. The summed E-state index contributed by atoms with van der Waals surface area (Å²) in [5.41, 5.74) is 5.32. The number of nitrogens with one attached hydrogen (secondary N) is 2. The van der Waals surface area contributed by atoms with Gasteiger partial charge in [0.05, 0.1) is 6.54 Å². The summed E-state index contributed by atoms with van der Waals surface area (Å²) >= 11 is 0. The molecule has 2 N–H and O–H groups in total. The summed E-state index contributed by atoms with van der Waals surface area (Å²) in [5, 5.41) is 6.57. The lowest BCUT2D eigenvalue weighted by molar-refractivity contribution is -0.118. The van der Waals surface area contributed by atoms with Crippen molar-refractivity contribution in [3.8, 4) is 11.4 Å². The van der Waals surface area contributed by atoms with E-state index in [-0.39, 0.29) is 5.78 Å². The normalized spacial score (nSPS) is 14.9. The highest BCUT2D eigenvalue weighted by Gasteiger charge is 2.28. The van der Waals surface area contributed by atoms with Gasteiger partial charge in [0.15, 0.2) is 5.82 Å². The zero-order chi connectivity index (χ0) is 24.2. The fourth-order valence-electron chi connectivity index (χ4n) is 4.08. The van der Waals surface area contributed by atoms with Gasteiger partial charge in [0, 0.05) is 24.1 Å². The molecule has 1 fully saturated rings. The quantitative estimate of drug-likeness (QED) is 0.423. The Kier molecular flexibility index (Phi) is 6.66. The third kappa shape index (κ3) is 5.98. The summed E-state index contributed by atoms with van der Waals surface area (Å²) in [4.78, 5) is 30.5. The molecule has 0 amide bonds. The average Bonchev–Trinajstić information content (AvgIpc) is 3.60. The number of hydrogen-bond donors (Lipinski definition) is 2. The van der Waals surface area contributed by atoms with Gasteiger partial charge in [-0.25, -0.2) is 0 Å². The lowest BCUT2D eigenvalue weighted by Crippen LogP contribution is -2.13. The van der Waals surface area contributed by atoms with Crippen molar-refractivity contribution in [2.75, 3.05) is 17.2 Å². The van der Waals surface area contributed by atoms with Gasteiger partial charge < -0.3 is 10.6 Å². The number of carbonyl (C=O) groups excluding carboxylic acids is 1. The summed E-state index contributed by atoms with van der Waals surface area (Å²) in [6.07, 6.45) is 6.60. The molecular weight excluding hydrogens is 436 g/mol. The van der Waals surface area contributed by atoms with Gasteiger partial charge in [-0.05, 0) is 61.4 Å². The Morgan fingerprint density at radius 2 is 1.66 bits per heavy atom. The molecule has 35 heavy (non-hydrogen) atoms. The molecule has 7 nitrogen and oxygen atoms in total. The van der Waals surface area contributed by atoms with Crippen LogP contribution in [-0.4, -0.2) is 33.1 Å². The number of ketones is 1. The number of Topliss-reactive ketones (excluding diaryl/α,β-unsaturated/α-hetero) is 1. The number of benzene rings is 2. The molecule has 178 valence electrons. The fraction of sp³-hybridized carbons (Fsp3) is 0.321. The summed E-state index contributed by atoms with van der Waals surface area (Å²) in [6, 6.07) is 15.9. The van der Waals surface area contributed by atoms with Gasteiger partial charge in [0.1, 0.15) is 11.6 Å². The maximum Gasteiger partial charge on any atom is 0.233 e. The van der Waals surface area contributed by atoms with Gasteiger partial charge in [-0.3, -0.25) is 9.79 Å². The Balaban J connectivity index is 1.38. The summed E-state index contributed by atoms with van der Waals surface area (Å²) < 4.78 is 0. The van der Waals surface area contributed by atoms with Crippen molar-refractivity contribution in [3.05, 3.63) is 71.3 Å². The van der Waals surface area contributed by atoms with Crippen LogP contribution < -0.4 is 10.6 Å². The maximum atomic E-state index is 12.0. The molecule has 2 aromatic carbocycles. The Labute approximate surface area is 205 Å². The first kappa shape index (κ1) is 22.9. The number of aryl methyl sites for hydroxylation is 1. The van der Waals surface area contributed by atoms with Gasteiger partial charge in [-0.2, -0.15) is 15.0 Å². The van der Waals surface area contributed by atoms with Crippen molar-refractivity contribution in [1.82, 2.24) is 15.0 Å². The zero-order valence-corrected chi connectivity index (χ0v) is 20.2. The Morgan fingerprint density at radius 1 is 0.943 bits per heavy atom. The maximum absolute atomic E-state index is 12.0. The van der Waals surface area contributed by atoms with E-state index in [9.17, 15) is 4.79 Å². The van der Waals surface area contributed by atoms with Crippen molar-refractivity contribution in [1.29, 1.82) is 0 Å². The van der Waals surface area contributed by atoms with Crippen LogP contribution in [0.4, 0.5) is 17.6 Å². The molecule has 1 aliphatic heterocycles. The van der Waals surface area contributed by atoms with Crippen LogP contribution >= 0.6 is 0 Å². The van der Waals surface area contributed by atoms with Gasteiger partial charge in [0.25, 0.3) is 0 Å². The van der Waals surface area contributed by atoms with E-state index in [1.165, 1.54) is 24.0 Å². The predicted molar refractivity (Wildman–Crippen MR) is 140 cm³/mol. The van der Waals surface area contributed by atoms with Crippen molar-refractivity contribution in [2.45, 2.75) is 46.0 Å². The molecule has 0 bridgehead atoms. The highest BCUT2D eigenvalue weighted by molar-refractivity contribution is 6.05. The summed E-state index contributed by atoms with van der Waals surface area (Å²) in [7, 11) is 0. The molecule has 0 saturated heterocycles. The summed E-state index contributed by atoms with van der Waals surface area (Å²) in [6.45, 7) is 4.83. The molecule has 3 aromatic rings. The number of anilines is 3. The largest absolute Gasteiger partial charge is 0.324 e. The average molecular weight is 467 g/mol. The van der Waals surface area contributed by atoms with Crippen LogP contribution in [0.2, 0.25) is 0 Å². The van der Waals surface area contributed by atoms with E-state index in [0.29, 0.717) is 36.5 Å². The molecule has 0 radical (unpaired) electrons. The van der Waals surface area contributed by atoms with E-state index >= 15 is 0 Å². The molecule has 5 rings (SSSR count). The van der Waals surface area contributed by atoms with Crippen molar-refractivity contribution in [2.24, 2.45) is 10.9 Å². The van der Waals surface area contributed by atoms with Crippen LogP contribution in [-0.2, 0) is 11.2 Å². The van der Waals surface area contributed by atoms with Crippen molar-refractivity contribution in [3.63, 3.8) is 0 Å². The van der Waals surface area contributed by atoms with Gasteiger partial charge >= 0.3 is 0 Å². The number of carbonyl (C=O) groups is 1. The van der Waals surface area contributed by atoms with Gasteiger partial charge in [0.2, 0.25) is 11.9 Å². The van der Waals surface area contributed by atoms with Crippen LogP contribution in [0.15, 0.2) is 65.2 Å². The molecule has 0 spiro atoms. The topological polar surface area (TPSA) is 92.2 Å². The van der Waals surface area contributed by atoms with Crippen LogP contribution in [0.25, 0.3) is 11.4 Å². The second kappa shape index (κ2) is 10.2. The highest BCUT2D eigenvalue weighted by atomic mass is 16.1. The lowest BCUT2D eigenvalue weighted by atomic mass is 10.1. The number of nitrogens with zero attached hydrogens (tertiary/aromatic N) is 4. The Bertz CT molecular complexity index is 1270. The second-order valence-corrected chi connectivity index (χ2v) is 9.28. The molecule has 0 unspecified atom stereocenters. The molecule has 1 aromatic heterocycles. The fourth-order valence-corrected chi connectivity index (χ4v) is 4.08. The minimum Gasteiger partial charge on any atom is -0.324 e. The minimum absolute atomic E-state index is 0.262. The third-order valence-corrected chi connectivity index (χ3v) is 6.18. The predicted octanol–water partition coefficient (Wildman–Crippen LogP) is 5.66. The summed E-state index contributed by atoms with van der Waals surface area (Å²) in [5.74, 6) is 3.22. The molecule has 2 heterocycles. The monoisotopic (exact) mass is 466 g/mol. The van der Waals surface area contributed by atoms with E-state index in [0.717, 1.165) is 35.6 Å². The number of aliphatic imine (C=N–C) groups is 1. The number of amidine groups is 1. The standard InChI is InChI=1S/C28H30N6O/c1-3-4-24(35)15-19-7-13-23(14-8-19)30-27-32-26(21-9-5-18(2)6-10-21)33-28(34-27)31-25-16-22(17-29-25)20-11-12-20/h5-10,13-14,16,20H,3-4,11-12,15,17H2,1-2H3,(H2,29,30,31,32,33,34). The van der Waals surface area contributed by atoms with Gasteiger partial charge in [-0.1, -0.05) is 48.9 Å². The number of rotatable bonds is 9. The van der Waals surface area contributed by atoms with Crippen molar-refractivity contribution < 1.29 is 4.79 Å². The third-order valence-electron chi connectivity index (χ3n) is 6.18. The Hall–Kier alpha value is -3.87. The molecule has 0 atom stereocenters. The van der Waals surface area contributed by atoms with Crippen LogP contribution in [0.1, 0.15) is 43.7 Å². The molecule has 2 aliphatic rings.